The Hall–Kier alpha value is -2.31. The van der Waals surface area contributed by atoms with Crippen LogP contribution in [0, 0.1) is 6.92 Å². The van der Waals surface area contributed by atoms with Crippen LogP contribution in [0.15, 0.2) is 48.5 Å². The SMILES string of the molecule is Cc1ccc(CC(=O)N[C@H](C[C@@H]2COc3ccccc32)B(O)O)cc1. The summed E-state index contributed by atoms with van der Waals surface area (Å²) in [6.45, 7) is 2.47. The highest BCUT2D eigenvalue weighted by molar-refractivity contribution is 6.43. The second-order valence-corrected chi connectivity index (χ2v) is 6.53. The first kappa shape index (κ1) is 17.5. The molecule has 5 nitrogen and oxygen atoms in total. The van der Waals surface area contributed by atoms with E-state index in [1.165, 1.54) is 0 Å². The van der Waals surface area contributed by atoms with Crippen LogP contribution in [0.4, 0.5) is 0 Å². The molecule has 1 heterocycles. The molecule has 1 amide bonds. The van der Waals surface area contributed by atoms with E-state index >= 15 is 0 Å². The third kappa shape index (κ3) is 4.41. The number of fused-ring (bicyclic) bond motifs is 1. The van der Waals surface area contributed by atoms with Crippen molar-refractivity contribution in [3.8, 4) is 5.75 Å². The molecule has 0 fully saturated rings. The number of aryl methyl sites for hydroxylation is 1. The molecule has 0 saturated carbocycles. The van der Waals surface area contributed by atoms with Gasteiger partial charge in [-0.15, -0.1) is 0 Å². The van der Waals surface area contributed by atoms with Crippen molar-refractivity contribution in [2.45, 2.75) is 31.6 Å². The molecule has 0 aliphatic carbocycles. The predicted octanol–water partition coefficient (Wildman–Crippen LogP) is 1.60. The summed E-state index contributed by atoms with van der Waals surface area (Å²) in [4.78, 5) is 12.3. The van der Waals surface area contributed by atoms with Gasteiger partial charge in [-0.2, -0.15) is 0 Å². The molecule has 0 spiro atoms. The highest BCUT2D eigenvalue weighted by Gasteiger charge is 2.32. The van der Waals surface area contributed by atoms with Crippen molar-refractivity contribution in [3.63, 3.8) is 0 Å². The van der Waals surface area contributed by atoms with Crippen LogP contribution >= 0.6 is 0 Å². The normalized spacial score (nSPS) is 16.7. The van der Waals surface area contributed by atoms with Crippen LogP contribution in [0.2, 0.25) is 0 Å². The summed E-state index contributed by atoms with van der Waals surface area (Å²) < 4.78 is 5.63. The fourth-order valence-electron chi connectivity index (χ4n) is 3.14. The number of nitrogens with one attached hydrogen (secondary N) is 1. The summed E-state index contributed by atoms with van der Waals surface area (Å²) >= 11 is 0. The molecule has 2 aromatic rings. The number of carbonyl (C=O) groups excluding carboxylic acids is 1. The summed E-state index contributed by atoms with van der Waals surface area (Å²) in [5.74, 6) is -0.112. The van der Waals surface area contributed by atoms with Gasteiger partial charge in [-0.1, -0.05) is 48.0 Å². The smallest absolute Gasteiger partial charge is 0.475 e. The minimum Gasteiger partial charge on any atom is -0.493 e. The molecule has 3 N–H and O–H groups in total. The molecule has 3 rings (SSSR count). The maximum absolute atomic E-state index is 12.3. The highest BCUT2D eigenvalue weighted by Crippen LogP contribution is 2.36. The van der Waals surface area contributed by atoms with Crippen molar-refractivity contribution in [2.75, 3.05) is 6.61 Å². The maximum Gasteiger partial charge on any atom is 0.475 e. The van der Waals surface area contributed by atoms with E-state index in [1.54, 1.807) is 0 Å². The topological polar surface area (TPSA) is 78.8 Å². The Kier molecular flexibility index (Phi) is 5.41. The minimum absolute atomic E-state index is 0.0303. The summed E-state index contributed by atoms with van der Waals surface area (Å²) in [5.41, 5.74) is 3.07. The Bertz CT molecular complexity index is 732. The van der Waals surface area contributed by atoms with Gasteiger partial charge in [-0.25, -0.2) is 0 Å². The number of amides is 1. The summed E-state index contributed by atoms with van der Waals surface area (Å²) in [7, 11) is -1.62. The Labute approximate surface area is 147 Å². The molecule has 0 aromatic heterocycles. The third-order valence-corrected chi connectivity index (χ3v) is 4.53. The molecule has 0 radical (unpaired) electrons. The molecule has 25 heavy (non-hydrogen) atoms. The average molecular weight is 339 g/mol. The molecule has 6 heteroatoms. The monoisotopic (exact) mass is 339 g/mol. The van der Waals surface area contributed by atoms with Gasteiger partial charge in [0.25, 0.3) is 0 Å². The van der Waals surface area contributed by atoms with E-state index in [0.717, 1.165) is 22.4 Å². The van der Waals surface area contributed by atoms with Crippen molar-refractivity contribution >= 4 is 13.0 Å². The van der Waals surface area contributed by atoms with Crippen LogP contribution < -0.4 is 10.1 Å². The Morgan fingerprint density at radius 3 is 2.68 bits per heavy atom. The van der Waals surface area contributed by atoms with E-state index in [0.29, 0.717) is 13.0 Å². The first-order valence-corrected chi connectivity index (χ1v) is 8.45. The van der Waals surface area contributed by atoms with Gasteiger partial charge in [0.1, 0.15) is 5.75 Å². The van der Waals surface area contributed by atoms with Gasteiger partial charge in [0, 0.05) is 11.5 Å². The first-order valence-electron chi connectivity index (χ1n) is 8.45. The second-order valence-electron chi connectivity index (χ2n) is 6.53. The standard InChI is InChI=1S/C19H22BNO4/c1-13-6-8-14(9-7-13)10-19(22)21-18(20(23)24)11-15-12-25-17-5-3-2-4-16(15)17/h2-9,15,18,23-24H,10-12H2,1H3,(H,21,22)/t15-,18-/m1/s1. The lowest BCUT2D eigenvalue weighted by Gasteiger charge is -2.21. The van der Waals surface area contributed by atoms with Crippen LogP contribution in [0.5, 0.6) is 5.75 Å². The van der Waals surface area contributed by atoms with Crippen LogP contribution in [-0.4, -0.2) is 35.6 Å². The molecular formula is C19H22BNO4. The quantitative estimate of drug-likeness (QED) is 0.699. The number of hydrogen-bond acceptors (Lipinski definition) is 4. The fourth-order valence-corrected chi connectivity index (χ4v) is 3.14. The summed E-state index contributed by atoms with van der Waals surface area (Å²) in [6, 6.07) is 15.4. The first-order chi connectivity index (χ1) is 12.0. The lowest BCUT2D eigenvalue weighted by Crippen LogP contribution is -2.47. The molecule has 0 saturated heterocycles. The Morgan fingerprint density at radius 1 is 1.24 bits per heavy atom. The molecular weight excluding hydrogens is 317 g/mol. The zero-order valence-electron chi connectivity index (χ0n) is 14.2. The van der Waals surface area contributed by atoms with Gasteiger partial charge in [-0.3, -0.25) is 4.79 Å². The minimum atomic E-state index is -1.62. The zero-order valence-corrected chi connectivity index (χ0v) is 14.2. The summed E-state index contributed by atoms with van der Waals surface area (Å²) in [6.07, 6.45) is 0.621. The van der Waals surface area contributed by atoms with Gasteiger partial charge in [0.2, 0.25) is 5.91 Å². The van der Waals surface area contributed by atoms with Gasteiger partial charge in [-0.05, 0) is 25.0 Å². The number of carbonyl (C=O) groups is 1. The number of benzene rings is 2. The van der Waals surface area contributed by atoms with Crippen molar-refractivity contribution in [1.29, 1.82) is 0 Å². The van der Waals surface area contributed by atoms with E-state index < -0.39 is 13.1 Å². The summed E-state index contributed by atoms with van der Waals surface area (Å²) in [5, 5.41) is 22.1. The van der Waals surface area contributed by atoms with Gasteiger partial charge in [0.15, 0.2) is 0 Å². The molecule has 2 atom stereocenters. The van der Waals surface area contributed by atoms with Crippen LogP contribution in [0.1, 0.15) is 29.0 Å². The lowest BCUT2D eigenvalue weighted by molar-refractivity contribution is -0.120. The highest BCUT2D eigenvalue weighted by atomic mass is 16.5. The third-order valence-electron chi connectivity index (χ3n) is 4.53. The van der Waals surface area contributed by atoms with Crippen molar-refractivity contribution in [3.05, 3.63) is 65.2 Å². The van der Waals surface area contributed by atoms with Crippen molar-refractivity contribution in [1.82, 2.24) is 5.32 Å². The van der Waals surface area contributed by atoms with E-state index in [4.69, 9.17) is 4.74 Å². The van der Waals surface area contributed by atoms with Crippen LogP contribution in [-0.2, 0) is 11.2 Å². The second kappa shape index (κ2) is 7.72. The van der Waals surface area contributed by atoms with Crippen LogP contribution in [0.3, 0.4) is 0 Å². The number of hydrogen-bond donors (Lipinski definition) is 3. The molecule has 2 aromatic carbocycles. The van der Waals surface area contributed by atoms with Gasteiger partial charge >= 0.3 is 7.12 Å². The predicted molar refractivity (Wildman–Crippen MR) is 96.3 cm³/mol. The fraction of sp³-hybridized carbons (Fsp3) is 0.316. The molecule has 130 valence electrons. The Morgan fingerprint density at radius 2 is 1.96 bits per heavy atom. The molecule has 1 aliphatic rings. The average Bonchev–Trinajstić information content (AvgIpc) is 2.99. The number of rotatable bonds is 6. The van der Waals surface area contributed by atoms with Crippen molar-refractivity contribution < 1.29 is 19.6 Å². The van der Waals surface area contributed by atoms with Gasteiger partial charge in [0.05, 0.1) is 19.0 Å². The van der Waals surface area contributed by atoms with E-state index in [-0.39, 0.29) is 18.2 Å². The molecule has 0 unspecified atom stereocenters. The largest absolute Gasteiger partial charge is 0.493 e. The van der Waals surface area contributed by atoms with E-state index in [1.807, 2.05) is 55.5 Å². The lowest BCUT2D eigenvalue weighted by atomic mass is 9.73. The number of ether oxygens (including phenoxy) is 1. The number of para-hydroxylation sites is 1. The molecule has 1 aliphatic heterocycles. The van der Waals surface area contributed by atoms with E-state index in [2.05, 4.69) is 5.32 Å². The van der Waals surface area contributed by atoms with Gasteiger partial charge < -0.3 is 20.1 Å². The van der Waals surface area contributed by atoms with Crippen LogP contribution in [0.25, 0.3) is 0 Å². The maximum atomic E-state index is 12.3. The zero-order chi connectivity index (χ0) is 17.8. The van der Waals surface area contributed by atoms with E-state index in [9.17, 15) is 14.8 Å². The van der Waals surface area contributed by atoms with Crippen molar-refractivity contribution in [2.24, 2.45) is 0 Å². The molecule has 0 bridgehead atoms. The Balaban J connectivity index is 1.62.